The van der Waals surface area contributed by atoms with E-state index in [1.165, 1.54) is 56.6 Å². The van der Waals surface area contributed by atoms with Gasteiger partial charge in [-0.15, -0.1) is 0 Å². The van der Waals surface area contributed by atoms with E-state index in [4.69, 9.17) is 33.0 Å². The second kappa shape index (κ2) is 26.6. The molecule has 0 aliphatic rings. The number of carbonyl (C=O) groups excluding carboxylic acids is 1. The first-order valence-electron chi connectivity index (χ1n) is 22.4. The van der Waals surface area contributed by atoms with Crippen molar-refractivity contribution >= 4 is 80.2 Å². The number of hydrogen-bond donors (Lipinski definition) is 1. The molecule has 0 aliphatic heterocycles. The first kappa shape index (κ1) is 53.0. The zero-order chi connectivity index (χ0) is 49.8. The molecule has 0 aromatic heterocycles. The number of rotatable bonds is 27. The Kier molecular flexibility index (Phi) is 20.4. The van der Waals surface area contributed by atoms with Crippen molar-refractivity contribution in [3.05, 3.63) is 149 Å². The van der Waals surface area contributed by atoms with E-state index in [-0.39, 0.29) is 40.7 Å². The minimum atomic E-state index is -3.30. The predicted octanol–water partition coefficient (Wildman–Crippen LogP) is 12.6. The van der Waals surface area contributed by atoms with Crippen molar-refractivity contribution in [3.8, 4) is 28.7 Å². The first-order chi connectivity index (χ1) is 33.3. The average Bonchev–Trinajstić information content (AvgIpc) is 3.33. The van der Waals surface area contributed by atoms with Crippen LogP contribution >= 0.6 is 0 Å². The van der Waals surface area contributed by atoms with E-state index in [0.29, 0.717) is 23.5 Å². The zero-order valence-corrected chi connectivity index (χ0v) is 39.4. The molecular weight excluding hydrogens is 889 g/mol. The number of carbonyl (C=O) groups is 1. The molecule has 358 valence electrons. The van der Waals surface area contributed by atoms with Gasteiger partial charge in [-0.05, 0) is 22.9 Å². The van der Waals surface area contributed by atoms with E-state index < -0.39 is 32.1 Å². The molecule has 5 aromatic carbocycles. The third-order valence-electron chi connectivity index (χ3n) is 10.9. The minimum absolute atomic E-state index is 0.0265. The maximum absolute atomic E-state index is 14.1. The van der Waals surface area contributed by atoms with Gasteiger partial charge in [0, 0.05) is 10.8 Å². The standard InChI is InChI=1S/C53H55B3F4O9/c1-6-7-8-9-10-15-32-66-51-34-48(62)46(26-24-40(68-55(57)58)33-39(61)23-20-37-21-28-49(64-4)44-18-13-11-16-42(37)44)52(67-36-54)47(51)27-25-41(63-3)35-53(2,69-56(59)60)31-30-38-22-29-50(65-5)45-19-14-12-17-43(38)45/h11-14,16-31,33-36,54,62H,6-10,15,32H2,1-5H3/b23-20+,26-24+,27-25+,31-30+,40-33-,41-35-. The van der Waals surface area contributed by atoms with Gasteiger partial charge in [-0.1, -0.05) is 74.0 Å². The van der Waals surface area contributed by atoms with Crippen LogP contribution in [-0.4, -0.2) is 73.0 Å². The van der Waals surface area contributed by atoms with Gasteiger partial charge in [0.25, 0.3) is 0 Å². The number of ether oxygens (including phenoxy) is 5. The average molecular weight is 944 g/mol. The Morgan fingerprint density at radius 3 is 1.86 bits per heavy atom. The summed E-state index contributed by atoms with van der Waals surface area (Å²) in [6.07, 6.45) is 20.5. The molecule has 0 saturated heterocycles. The van der Waals surface area contributed by atoms with Crippen molar-refractivity contribution in [1.29, 1.82) is 0 Å². The van der Waals surface area contributed by atoms with Gasteiger partial charge in [-0.25, -0.2) is 0 Å². The molecule has 69 heavy (non-hydrogen) atoms. The summed E-state index contributed by atoms with van der Waals surface area (Å²) in [6.45, 7) is 3.85. The number of aromatic hydroxyl groups is 1. The van der Waals surface area contributed by atoms with Crippen LogP contribution in [0.25, 0.3) is 45.8 Å². The molecule has 16 heteroatoms. The first-order valence-corrected chi connectivity index (χ1v) is 22.4. The fourth-order valence-corrected chi connectivity index (χ4v) is 7.54. The van der Waals surface area contributed by atoms with Gasteiger partial charge >= 0.3 is 261 Å². The summed E-state index contributed by atoms with van der Waals surface area (Å²) in [4.78, 5) is 13.2. The fraction of sp³-hybridized carbons (Fsp3) is 0.245. The SMILES string of the molecule is B=COc1c(/C=C/C(=C/C(=O)/C=C/c2ccc(OC)c3ccccc23)OB(F)F)c(O)cc(OCCCCCCCC)c1/C=C/C(=C/C(C)(/C=C/c1ccc(OC)c2ccccc12)OB(F)F)OC. The molecule has 0 radical (unpaired) electrons. The van der Waals surface area contributed by atoms with E-state index in [9.17, 15) is 27.2 Å². The van der Waals surface area contributed by atoms with Crippen molar-refractivity contribution in [2.75, 3.05) is 27.9 Å². The zero-order valence-electron chi connectivity index (χ0n) is 39.4. The third-order valence-corrected chi connectivity index (χ3v) is 10.9. The van der Waals surface area contributed by atoms with Gasteiger partial charge < -0.3 is 9.47 Å². The second-order valence-electron chi connectivity index (χ2n) is 15.7. The summed E-state index contributed by atoms with van der Waals surface area (Å²) in [7, 11) is 1.70. The molecule has 9 nitrogen and oxygen atoms in total. The molecule has 0 heterocycles. The van der Waals surface area contributed by atoms with Gasteiger partial charge in [0.2, 0.25) is 0 Å². The molecule has 5 rings (SSSR count). The molecule has 1 N–H and O–H groups in total. The normalized spacial score (nSPS) is 13.1. The summed E-state index contributed by atoms with van der Waals surface area (Å²) in [5.41, 5.74) is -0.0905. The van der Waals surface area contributed by atoms with Crippen LogP contribution in [0.4, 0.5) is 17.3 Å². The summed E-state index contributed by atoms with van der Waals surface area (Å²) in [5.74, 6) is -0.0381. The molecule has 0 amide bonds. The number of phenols is 1. The number of ketones is 1. The third kappa shape index (κ3) is 15.3. The van der Waals surface area contributed by atoms with E-state index in [2.05, 4.69) is 14.4 Å². The van der Waals surface area contributed by atoms with Crippen LogP contribution in [0.15, 0.2) is 127 Å². The van der Waals surface area contributed by atoms with Crippen LogP contribution < -0.4 is 18.9 Å². The second-order valence-corrected chi connectivity index (χ2v) is 15.7. The van der Waals surface area contributed by atoms with Gasteiger partial charge in [0.1, 0.15) is 11.5 Å². The Hall–Kier alpha value is -6.93. The number of benzene rings is 5. The van der Waals surface area contributed by atoms with Crippen LogP contribution in [-0.2, 0) is 18.8 Å². The van der Waals surface area contributed by atoms with Crippen LogP contribution in [0.2, 0.25) is 0 Å². The van der Waals surface area contributed by atoms with E-state index in [1.54, 1.807) is 44.6 Å². The molecule has 0 saturated carbocycles. The number of allylic oxidation sites excluding steroid dienone is 4. The summed E-state index contributed by atoms with van der Waals surface area (Å²) >= 11 is 0. The predicted molar refractivity (Wildman–Crippen MR) is 273 cm³/mol. The summed E-state index contributed by atoms with van der Waals surface area (Å²) in [6, 6.07) is 23.4. The number of fused-ring (bicyclic) bond motifs is 2. The van der Waals surface area contributed by atoms with Crippen molar-refractivity contribution in [2.45, 2.75) is 58.0 Å². The summed E-state index contributed by atoms with van der Waals surface area (Å²) in [5, 5.41) is 14.7. The molecule has 0 aliphatic carbocycles. The van der Waals surface area contributed by atoms with E-state index in [0.717, 1.165) is 77.5 Å². The quantitative estimate of drug-likeness (QED) is 0.0138. The molecular formula is C53H55B3F4O9. The van der Waals surface area contributed by atoms with E-state index >= 15 is 0 Å². The molecule has 0 fully saturated rings. The van der Waals surface area contributed by atoms with Crippen LogP contribution in [0.1, 0.15) is 74.6 Å². The number of unbranched alkanes of at least 4 members (excludes halogenated alkanes) is 5. The molecule has 0 spiro atoms. The van der Waals surface area contributed by atoms with Gasteiger partial charge in [-0.2, -0.15) is 0 Å². The number of phenolic OH excluding ortho intramolecular Hbond substituents is 1. The van der Waals surface area contributed by atoms with E-state index in [1.807, 2.05) is 54.6 Å². The van der Waals surface area contributed by atoms with Crippen molar-refractivity contribution in [2.24, 2.45) is 0 Å². The van der Waals surface area contributed by atoms with Gasteiger partial charge in [-0.3, -0.25) is 0 Å². The number of methoxy groups -OCH3 is 3. The molecule has 0 bridgehead atoms. The van der Waals surface area contributed by atoms with Crippen molar-refractivity contribution in [1.82, 2.24) is 0 Å². The monoisotopic (exact) mass is 944 g/mol. The van der Waals surface area contributed by atoms with Crippen LogP contribution in [0.5, 0.6) is 28.7 Å². The Morgan fingerprint density at radius 1 is 0.696 bits per heavy atom. The summed E-state index contributed by atoms with van der Waals surface area (Å²) < 4.78 is 94.3. The topological polar surface area (TPSA) is 102 Å². The molecule has 1 atom stereocenters. The van der Waals surface area contributed by atoms with Crippen LogP contribution in [0, 0.1) is 0 Å². The molecule has 5 aromatic rings. The Bertz CT molecular complexity index is 2730. The Labute approximate surface area is 402 Å². The number of hydrogen-bond acceptors (Lipinski definition) is 9. The van der Waals surface area contributed by atoms with Crippen LogP contribution in [0.3, 0.4) is 0 Å². The van der Waals surface area contributed by atoms with Gasteiger partial charge in [0.05, 0.1) is 14.2 Å². The van der Waals surface area contributed by atoms with Crippen molar-refractivity contribution in [3.63, 3.8) is 0 Å². The number of halogens is 4. The van der Waals surface area contributed by atoms with Gasteiger partial charge in [0.15, 0.2) is 0 Å². The Morgan fingerprint density at radius 2 is 1.28 bits per heavy atom. The van der Waals surface area contributed by atoms with Crippen molar-refractivity contribution < 1.29 is 60.2 Å². The maximum atomic E-state index is 14.1. The molecule has 1 unspecified atom stereocenters. The Balaban J connectivity index is 1.54. The fourth-order valence-electron chi connectivity index (χ4n) is 7.54.